The average Bonchev–Trinajstić information content (AvgIpc) is 2.88. The number of rotatable bonds is 5. The topological polar surface area (TPSA) is 81.6 Å². The van der Waals surface area contributed by atoms with Gasteiger partial charge in [-0.1, -0.05) is 6.92 Å². The Morgan fingerprint density at radius 1 is 1.39 bits per heavy atom. The minimum Gasteiger partial charge on any atom is -0.393 e. The molecule has 2 aliphatic rings. The summed E-state index contributed by atoms with van der Waals surface area (Å²) in [5.41, 5.74) is 0. The molecule has 2 N–H and O–H groups in total. The van der Waals surface area contributed by atoms with E-state index in [2.05, 4.69) is 27.1 Å². The highest BCUT2D eigenvalue weighted by molar-refractivity contribution is 5.79. The van der Waals surface area contributed by atoms with Crippen molar-refractivity contribution in [2.75, 3.05) is 36.4 Å². The summed E-state index contributed by atoms with van der Waals surface area (Å²) in [6, 6.07) is 1.97. The molecule has 0 aliphatic carbocycles. The summed E-state index contributed by atoms with van der Waals surface area (Å²) in [6.07, 6.45) is 4.58. The first-order chi connectivity index (χ1) is 11.2. The van der Waals surface area contributed by atoms with Crippen LogP contribution < -0.4 is 10.2 Å². The van der Waals surface area contributed by atoms with Crippen molar-refractivity contribution in [1.82, 2.24) is 14.9 Å². The van der Waals surface area contributed by atoms with E-state index in [4.69, 9.17) is 0 Å². The van der Waals surface area contributed by atoms with Crippen molar-refractivity contribution in [3.63, 3.8) is 0 Å². The van der Waals surface area contributed by atoms with Gasteiger partial charge in [0.15, 0.2) is 0 Å². The van der Waals surface area contributed by atoms with Gasteiger partial charge in [-0.2, -0.15) is 4.98 Å². The monoisotopic (exact) mass is 319 g/mol. The van der Waals surface area contributed by atoms with Crippen LogP contribution in [-0.2, 0) is 4.79 Å². The van der Waals surface area contributed by atoms with E-state index in [9.17, 15) is 9.90 Å². The molecule has 126 valence electrons. The molecule has 2 saturated heterocycles. The molecule has 0 saturated carbocycles. The molecule has 1 amide bonds. The number of anilines is 2. The summed E-state index contributed by atoms with van der Waals surface area (Å²) in [4.78, 5) is 24.8. The lowest BCUT2D eigenvalue weighted by Crippen LogP contribution is -2.36. The zero-order valence-corrected chi connectivity index (χ0v) is 13.6. The third-order valence-electron chi connectivity index (χ3n) is 4.47. The third-order valence-corrected chi connectivity index (χ3v) is 4.47. The van der Waals surface area contributed by atoms with Crippen LogP contribution in [0.5, 0.6) is 0 Å². The van der Waals surface area contributed by atoms with Crippen LogP contribution in [0.2, 0.25) is 0 Å². The fraction of sp³-hybridized carbons (Fsp3) is 0.688. The zero-order chi connectivity index (χ0) is 16.2. The van der Waals surface area contributed by atoms with Crippen LogP contribution >= 0.6 is 0 Å². The van der Waals surface area contributed by atoms with Crippen molar-refractivity contribution in [3.05, 3.63) is 12.3 Å². The van der Waals surface area contributed by atoms with Crippen LogP contribution in [0, 0.1) is 0 Å². The molecule has 0 radical (unpaired) electrons. The Labute approximate surface area is 136 Å². The van der Waals surface area contributed by atoms with Gasteiger partial charge in [0.05, 0.1) is 12.1 Å². The zero-order valence-electron chi connectivity index (χ0n) is 13.6. The maximum Gasteiger partial charge on any atom is 0.224 e. The first kappa shape index (κ1) is 16.0. The summed E-state index contributed by atoms with van der Waals surface area (Å²) in [5.74, 6) is 1.65. The Morgan fingerprint density at radius 3 is 2.91 bits per heavy atom. The highest BCUT2D eigenvalue weighted by atomic mass is 16.3. The molecule has 1 aromatic heterocycles. The maximum atomic E-state index is 11.9. The van der Waals surface area contributed by atoms with E-state index in [1.807, 2.05) is 11.0 Å². The van der Waals surface area contributed by atoms with Crippen LogP contribution in [0.1, 0.15) is 32.6 Å². The predicted octanol–water partition coefficient (Wildman–Crippen LogP) is 0.860. The number of carbonyl (C=O) groups is 1. The molecule has 7 heteroatoms. The molecule has 0 spiro atoms. The van der Waals surface area contributed by atoms with Gasteiger partial charge in [0, 0.05) is 38.8 Å². The number of likely N-dealkylation sites (tertiary alicyclic amines) is 1. The van der Waals surface area contributed by atoms with Gasteiger partial charge in [0.1, 0.15) is 5.82 Å². The largest absolute Gasteiger partial charge is 0.393 e. The molecule has 0 unspecified atom stereocenters. The number of aliphatic hydroxyl groups is 1. The van der Waals surface area contributed by atoms with E-state index in [-0.39, 0.29) is 18.1 Å². The molecule has 1 aromatic rings. The van der Waals surface area contributed by atoms with Crippen LogP contribution in [-0.4, -0.2) is 64.2 Å². The SMILES string of the molecule is CCCN1C[C@@H](Nc2nccc(N3CCC(O)CC3)n2)CC1=O. The molecule has 2 fully saturated rings. The number of hydrogen-bond acceptors (Lipinski definition) is 6. The Kier molecular flexibility index (Phi) is 4.95. The fourth-order valence-corrected chi connectivity index (χ4v) is 3.23. The quantitative estimate of drug-likeness (QED) is 0.838. The van der Waals surface area contributed by atoms with Gasteiger partial charge in [0.2, 0.25) is 11.9 Å². The third kappa shape index (κ3) is 3.90. The molecule has 1 atom stereocenters. The van der Waals surface area contributed by atoms with Gasteiger partial charge in [-0.25, -0.2) is 4.98 Å². The number of carbonyl (C=O) groups excluding carboxylic acids is 1. The smallest absolute Gasteiger partial charge is 0.224 e. The van der Waals surface area contributed by atoms with Crippen LogP contribution in [0.4, 0.5) is 11.8 Å². The van der Waals surface area contributed by atoms with Crippen LogP contribution in [0.3, 0.4) is 0 Å². The second-order valence-electron chi connectivity index (χ2n) is 6.34. The molecule has 23 heavy (non-hydrogen) atoms. The number of aromatic nitrogens is 2. The number of amides is 1. The number of nitrogens with one attached hydrogen (secondary N) is 1. The van der Waals surface area contributed by atoms with Crippen LogP contribution in [0.15, 0.2) is 12.3 Å². The van der Waals surface area contributed by atoms with Crippen molar-refractivity contribution < 1.29 is 9.90 Å². The average molecular weight is 319 g/mol. The van der Waals surface area contributed by atoms with E-state index < -0.39 is 0 Å². The van der Waals surface area contributed by atoms with Crippen molar-refractivity contribution in [3.8, 4) is 0 Å². The molecule has 0 aromatic carbocycles. The number of hydrogen-bond donors (Lipinski definition) is 2. The summed E-state index contributed by atoms with van der Waals surface area (Å²) in [7, 11) is 0. The summed E-state index contributed by atoms with van der Waals surface area (Å²) < 4.78 is 0. The Morgan fingerprint density at radius 2 is 2.17 bits per heavy atom. The van der Waals surface area contributed by atoms with E-state index in [1.165, 1.54) is 0 Å². The second-order valence-corrected chi connectivity index (χ2v) is 6.34. The second kappa shape index (κ2) is 7.12. The maximum absolute atomic E-state index is 11.9. The van der Waals surface area contributed by atoms with E-state index in [0.29, 0.717) is 12.4 Å². The number of nitrogens with zero attached hydrogens (tertiary/aromatic N) is 4. The Hall–Kier alpha value is -1.89. The van der Waals surface area contributed by atoms with Crippen molar-refractivity contribution >= 4 is 17.7 Å². The van der Waals surface area contributed by atoms with Crippen molar-refractivity contribution in [1.29, 1.82) is 0 Å². The summed E-state index contributed by atoms with van der Waals surface area (Å²) in [5, 5.41) is 12.9. The first-order valence-corrected chi connectivity index (χ1v) is 8.46. The van der Waals surface area contributed by atoms with Crippen LogP contribution in [0.25, 0.3) is 0 Å². The molecular formula is C16H25N5O2. The minimum atomic E-state index is -0.195. The van der Waals surface area contributed by atoms with Gasteiger partial charge < -0.3 is 20.2 Å². The van der Waals surface area contributed by atoms with E-state index in [0.717, 1.165) is 51.3 Å². The lowest BCUT2D eigenvalue weighted by Gasteiger charge is -2.30. The van der Waals surface area contributed by atoms with Crippen molar-refractivity contribution in [2.45, 2.75) is 44.8 Å². The predicted molar refractivity (Wildman–Crippen MR) is 88.4 cm³/mol. The highest BCUT2D eigenvalue weighted by Crippen LogP contribution is 2.20. The molecule has 3 heterocycles. The lowest BCUT2D eigenvalue weighted by molar-refractivity contribution is -0.127. The molecular weight excluding hydrogens is 294 g/mol. The molecule has 7 nitrogen and oxygen atoms in total. The van der Waals surface area contributed by atoms with Gasteiger partial charge in [0.25, 0.3) is 0 Å². The molecule has 0 bridgehead atoms. The van der Waals surface area contributed by atoms with Gasteiger partial charge in [-0.05, 0) is 25.3 Å². The highest BCUT2D eigenvalue weighted by Gasteiger charge is 2.29. The normalized spacial score (nSPS) is 22.7. The first-order valence-electron chi connectivity index (χ1n) is 8.46. The number of piperidine rings is 1. The summed E-state index contributed by atoms with van der Waals surface area (Å²) in [6.45, 7) is 5.23. The van der Waals surface area contributed by atoms with Gasteiger partial charge in [-0.15, -0.1) is 0 Å². The van der Waals surface area contributed by atoms with Crippen molar-refractivity contribution in [2.24, 2.45) is 0 Å². The Balaban J connectivity index is 1.61. The van der Waals surface area contributed by atoms with E-state index in [1.54, 1.807) is 6.20 Å². The minimum absolute atomic E-state index is 0.0764. The molecule has 2 aliphatic heterocycles. The Bertz CT molecular complexity index is 545. The summed E-state index contributed by atoms with van der Waals surface area (Å²) >= 11 is 0. The number of aliphatic hydroxyl groups excluding tert-OH is 1. The fourth-order valence-electron chi connectivity index (χ4n) is 3.23. The standard InChI is InChI=1S/C16H25N5O2/c1-2-7-21-11-12(10-15(21)23)18-16-17-6-3-14(19-16)20-8-4-13(22)5-9-20/h3,6,12-13,22H,2,4-5,7-11H2,1H3,(H,17,18,19)/t12-/m0/s1. The molecule has 3 rings (SSSR count). The van der Waals surface area contributed by atoms with Gasteiger partial charge >= 0.3 is 0 Å². The van der Waals surface area contributed by atoms with E-state index >= 15 is 0 Å². The van der Waals surface area contributed by atoms with Gasteiger partial charge in [-0.3, -0.25) is 4.79 Å². The lowest BCUT2D eigenvalue weighted by atomic mass is 10.1.